The molecule has 0 aliphatic heterocycles. The van der Waals surface area contributed by atoms with Crippen molar-refractivity contribution in [3.8, 4) is 0 Å². The Balaban J connectivity index is 2.42. The smallest absolute Gasteiger partial charge is 0.0951 e. The molecule has 1 aromatic carbocycles. The van der Waals surface area contributed by atoms with Gasteiger partial charge in [0.1, 0.15) is 0 Å². The van der Waals surface area contributed by atoms with E-state index in [0.29, 0.717) is 12.0 Å². The summed E-state index contributed by atoms with van der Waals surface area (Å²) in [6, 6.07) is 9.24. The average molecular weight is 242 g/mol. The Labute approximate surface area is 110 Å². The number of hydrogen-bond acceptors (Lipinski definition) is 1. The minimum absolute atomic E-state index is 0.405. The van der Waals surface area contributed by atoms with E-state index in [9.17, 15) is 0 Å². The molecule has 2 nitrogen and oxygen atoms in total. The summed E-state index contributed by atoms with van der Waals surface area (Å²) >= 11 is 0. The zero-order chi connectivity index (χ0) is 13.0. The fourth-order valence-electron chi connectivity index (χ4n) is 2.71. The lowest BCUT2D eigenvalue weighted by atomic mass is 9.88. The highest BCUT2D eigenvalue weighted by Crippen LogP contribution is 2.31. The summed E-state index contributed by atoms with van der Waals surface area (Å²) in [6.45, 7) is 6.70. The molecule has 18 heavy (non-hydrogen) atoms. The van der Waals surface area contributed by atoms with E-state index >= 15 is 0 Å². The van der Waals surface area contributed by atoms with Crippen LogP contribution in [-0.2, 0) is 0 Å². The van der Waals surface area contributed by atoms with Gasteiger partial charge >= 0.3 is 0 Å². The Hall–Kier alpha value is -1.57. The van der Waals surface area contributed by atoms with Crippen LogP contribution >= 0.6 is 0 Å². The number of benzene rings is 1. The largest absolute Gasteiger partial charge is 0.330 e. The second-order valence-corrected chi connectivity index (χ2v) is 4.95. The third-order valence-corrected chi connectivity index (χ3v) is 3.72. The average Bonchev–Trinajstić information content (AvgIpc) is 2.89. The lowest BCUT2D eigenvalue weighted by Crippen LogP contribution is -2.19. The van der Waals surface area contributed by atoms with Gasteiger partial charge in [-0.05, 0) is 18.4 Å². The molecular formula is C16H22N2. The molecule has 96 valence electrons. The van der Waals surface area contributed by atoms with E-state index in [-0.39, 0.29) is 0 Å². The van der Waals surface area contributed by atoms with Crippen LogP contribution in [0.15, 0.2) is 43.0 Å². The molecule has 0 radical (unpaired) electrons. The van der Waals surface area contributed by atoms with Crippen LogP contribution in [0.5, 0.6) is 0 Å². The summed E-state index contributed by atoms with van der Waals surface area (Å²) in [5.41, 5.74) is 2.71. The highest BCUT2D eigenvalue weighted by Gasteiger charge is 2.21. The minimum Gasteiger partial charge on any atom is -0.330 e. The van der Waals surface area contributed by atoms with Crippen LogP contribution in [0.1, 0.15) is 43.9 Å². The molecule has 2 aromatic rings. The first-order valence-electron chi connectivity index (χ1n) is 6.80. The van der Waals surface area contributed by atoms with Crippen LogP contribution in [0.3, 0.4) is 0 Å². The van der Waals surface area contributed by atoms with Crippen molar-refractivity contribution in [2.24, 2.45) is 5.92 Å². The van der Waals surface area contributed by atoms with Crippen molar-refractivity contribution in [1.82, 2.24) is 9.55 Å². The minimum atomic E-state index is 0.405. The quantitative estimate of drug-likeness (QED) is 0.767. The van der Waals surface area contributed by atoms with Gasteiger partial charge in [0.15, 0.2) is 0 Å². The van der Waals surface area contributed by atoms with E-state index in [4.69, 9.17) is 0 Å². The van der Waals surface area contributed by atoms with Crippen molar-refractivity contribution in [1.29, 1.82) is 0 Å². The summed E-state index contributed by atoms with van der Waals surface area (Å²) < 4.78 is 2.24. The molecule has 2 heteroatoms. The number of hydrogen-bond donors (Lipinski definition) is 0. The second-order valence-electron chi connectivity index (χ2n) is 4.95. The topological polar surface area (TPSA) is 17.8 Å². The number of aryl methyl sites for hydroxylation is 1. The Kier molecular flexibility index (Phi) is 4.19. The number of aromatic nitrogens is 2. The van der Waals surface area contributed by atoms with Gasteiger partial charge in [0.05, 0.1) is 12.4 Å². The first-order valence-corrected chi connectivity index (χ1v) is 6.80. The molecule has 0 aliphatic rings. The second kappa shape index (κ2) is 5.85. The van der Waals surface area contributed by atoms with E-state index < -0.39 is 0 Å². The molecule has 0 spiro atoms. The Morgan fingerprint density at radius 2 is 2.00 bits per heavy atom. The summed E-state index contributed by atoms with van der Waals surface area (Å²) in [6.07, 6.45) is 8.25. The molecule has 1 heterocycles. The maximum atomic E-state index is 4.20. The van der Waals surface area contributed by atoms with Crippen molar-refractivity contribution < 1.29 is 0 Å². The fraction of sp³-hybridized carbons (Fsp3) is 0.438. The normalized spacial score (nSPS) is 12.9. The first-order chi connectivity index (χ1) is 8.76. The number of nitrogens with zero attached hydrogens (tertiary/aromatic N) is 2. The first kappa shape index (κ1) is 12.9. The molecule has 2 rings (SSSR count). The molecule has 0 saturated heterocycles. The predicted octanol–water partition coefficient (Wildman–Crippen LogP) is 4.22. The summed E-state index contributed by atoms with van der Waals surface area (Å²) in [7, 11) is 0. The van der Waals surface area contributed by atoms with Crippen LogP contribution in [-0.4, -0.2) is 9.55 Å². The highest BCUT2D eigenvalue weighted by molar-refractivity contribution is 5.26. The van der Waals surface area contributed by atoms with E-state index in [1.165, 1.54) is 24.0 Å². The van der Waals surface area contributed by atoms with Crippen molar-refractivity contribution in [2.45, 2.75) is 39.7 Å². The van der Waals surface area contributed by atoms with E-state index in [1.54, 1.807) is 0 Å². The maximum absolute atomic E-state index is 4.20. The molecule has 0 N–H and O–H groups in total. The van der Waals surface area contributed by atoms with Gasteiger partial charge in [-0.25, -0.2) is 4.98 Å². The Morgan fingerprint density at radius 3 is 2.56 bits per heavy atom. The zero-order valence-electron chi connectivity index (χ0n) is 11.5. The Bertz CT molecular complexity index is 470. The highest BCUT2D eigenvalue weighted by atomic mass is 15.1. The molecule has 1 aromatic heterocycles. The molecule has 0 bridgehead atoms. The van der Waals surface area contributed by atoms with Gasteiger partial charge in [-0.15, -0.1) is 0 Å². The fourth-order valence-corrected chi connectivity index (χ4v) is 2.71. The molecular weight excluding hydrogens is 220 g/mol. The van der Waals surface area contributed by atoms with Crippen molar-refractivity contribution >= 4 is 0 Å². The molecule has 0 aliphatic carbocycles. The van der Waals surface area contributed by atoms with E-state index in [2.05, 4.69) is 60.8 Å². The molecule has 1 atom stereocenters. The van der Waals surface area contributed by atoms with Crippen LogP contribution < -0.4 is 0 Å². The van der Waals surface area contributed by atoms with Crippen molar-refractivity contribution in [3.05, 3.63) is 54.1 Å². The van der Waals surface area contributed by atoms with Gasteiger partial charge in [-0.2, -0.15) is 0 Å². The number of rotatable bonds is 5. The van der Waals surface area contributed by atoms with Crippen LogP contribution in [0, 0.1) is 12.8 Å². The predicted molar refractivity (Wildman–Crippen MR) is 75.6 cm³/mol. The molecule has 0 amide bonds. The summed E-state index contributed by atoms with van der Waals surface area (Å²) in [5, 5.41) is 0. The Morgan fingerprint density at radius 1 is 1.22 bits per heavy atom. The third-order valence-electron chi connectivity index (χ3n) is 3.72. The third kappa shape index (κ3) is 2.63. The monoisotopic (exact) mass is 242 g/mol. The molecule has 0 saturated carbocycles. The van der Waals surface area contributed by atoms with Gasteiger partial charge in [0.2, 0.25) is 0 Å². The van der Waals surface area contributed by atoms with Gasteiger partial charge in [0.25, 0.3) is 0 Å². The van der Waals surface area contributed by atoms with Crippen LogP contribution in [0.2, 0.25) is 0 Å². The molecule has 1 unspecified atom stereocenters. The zero-order valence-corrected chi connectivity index (χ0v) is 11.5. The lowest BCUT2D eigenvalue weighted by Gasteiger charge is -2.27. The summed E-state index contributed by atoms with van der Waals surface area (Å²) in [5.74, 6) is 0.654. The summed E-state index contributed by atoms with van der Waals surface area (Å²) in [4.78, 5) is 4.20. The standard InChI is InChI=1S/C16H22N2/c1-4-14(5-2)16(18-10-9-17-12-18)15-8-6-7-13(3)11-15/h6-12,14,16H,4-5H2,1-3H3. The van der Waals surface area contributed by atoms with Crippen LogP contribution in [0.4, 0.5) is 0 Å². The van der Waals surface area contributed by atoms with Crippen molar-refractivity contribution in [2.75, 3.05) is 0 Å². The number of imidazole rings is 1. The van der Waals surface area contributed by atoms with E-state index in [0.717, 1.165) is 0 Å². The van der Waals surface area contributed by atoms with E-state index in [1.807, 2.05) is 12.5 Å². The van der Waals surface area contributed by atoms with Gasteiger partial charge in [-0.1, -0.05) is 56.5 Å². The van der Waals surface area contributed by atoms with Gasteiger partial charge in [0, 0.05) is 12.4 Å². The maximum Gasteiger partial charge on any atom is 0.0951 e. The molecule has 0 fully saturated rings. The van der Waals surface area contributed by atoms with Gasteiger partial charge in [-0.3, -0.25) is 0 Å². The SMILES string of the molecule is CCC(CC)C(c1cccc(C)c1)n1ccnc1. The van der Waals surface area contributed by atoms with Crippen molar-refractivity contribution in [3.63, 3.8) is 0 Å². The lowest BCUT2D eigenvalue weighted by molar-refractivity contribution is 0.355. The van der Waals surface area contributed by atoms with Crippen LogP contribution in [0.25, 0.3) is 0 Å². The van der Waals surface area contributed by atoms with Gasteiger partial charge < -0.3 is 4.57 Å².